The molecule has 2 unspecified atom stereocenters. The average Bonchev–Trinajstić information content (AvgIpc) is 2.54. The molecule has 0 heterocycles. The molecule has 134 valence electrons. The fourth-order valence-corrected chi connectivity index (χ4v) is 3.76. The van der Waals surface area contributed by atoms with Gasteiger partial charge < -0.3 is 5.32 Å². The Hall–Kier alpha value is -1.92. The minimum atomic E-state index is -3.68. The third-order valence-corrected chi connectivity index (χ3v) is 6.22. The van der Waals surface area contributed by atoms with Crippen molar-refractivity contribution in [1.29, 1.82) is 0 Å². The van der Waals surface area contributed by atoms with Gasteiger partial charge in [-0.15, -0.1) is 0 Å². The quantitative estimate of drug-likeness (QED) is 0.824. The molecule has 25 heavy (non-hydrogen) atoms. The van der Waals surface area contributed by atoms with Crippen molar-refractivity contribution in [3.63, 3.8) is 0 Å². The highest BCUT2D eigenvalue weighted by atomic mass is 35.5. The summed E-state index contributed by atoms with van der Waals surface area (Å²) in [4.78, 5) is 12.1. The maximum Gasteiger partial charge on any atom is 0.235 e. The Bertz CT molecular complexity index is 836. The number of rotatable bonds is 6. The van der Waals surface area contributed by atoms with Gasteiger partial charge in [0.25, 0.3) is 0 Å². The number of halogens is 2. The molecular formula is C18H19ClFNO3S. The number of hydrogen-bond acceptors (Lipinski definition) is 3. The summed E-state index contributed by atoms with van der Waals surface area (Å²) in [6, 6.07) is 11.7. The number of carbonyl (C=O) groups is 1. The first-order valence-corrected chi connectivity index (χ1v) is 9.80. The van der Waals surface area contributed by atoms with Gasteiger partial charge in [0, 0.05) is 5.02 Å². The predicted molar refractivity (Wildman–Crippen MR) is 96.6 cm³/mol. The molecule has 0 radical (unpaired) electrons. The highest BCUT2D eigenvalue weighted by Gasteiger charge is 2.26. The molecule has 0 fully saturated rings. The van der Waals surface area contributed by atoms with Crippen molar-refractivity contribution >= 4 is 27.3 Å². The lowest BCUT2D eigenvalue weighted by molar-refractivity contribution is -0.119. The maximum atomic E-state index is 12.9. The molecule has 0 saturated carbocycles. The van der Waals surface area contributed by atoms with E-state index in [9.17, 15) is 17.6 Å². The second kappa shape index (κ2) is 7.97. The Balaban J connectivity index is 2.02. The monoisotopic (exact) mass is 383 g/mol. The Morgan fingerprint density at radius 1 is 1.04 bits per heavy atom. The standard InChI is InChI=1S/C18H19ClFNO3S/c1-12(14-5-9-17(20)10-6-14)21-18(22)11-25(23,24)13(2)15-3-7-16(19)8-4-15/h3-10,12-13H,11H2,1-2H3,(H,21,22). The highest BCUT2D eigenvalue weighted by Crippen LogP contribution is 2.24. The smallest absolute Gasteiger partial charge is 0.235 e. The summed E-state index contributed by atoms with van der Waals surface area (Å²) in [5, 5.41) is 2.32. The minimum Gasteiger partial charge on any atom is -0.349 e. The molecule has 7 heteroatoms. The fourth-order valence-electron chi connectivity index (χ4n) is 2.37. The van der Waals surface area contributed by atoms with Gasteiger partial charge in [-0.05, 0) is 49.2 Å². The summed E-state index contributed by atoms with van der Waals surface area (Å²) in [7, 11) is -3.68. The molecule has 0 spiro atoms. The van der Waals surface area contributed by atoms with Crippen LogP contribution in [0.3, 0.4) is 0 Å². The van der Waals surface area contributed by atoms with Crippen LogP contribution in [0.15, 0.2) is 48.5 Å². The van der Waals surface area contributed by atoms with Gasteiger partial charge in [0.15, 0.2) is 9.84 Å². The molecule has 0 aliphatic rings. The zero-order valence-corrected chi connectivity index (χ0v) is 15.4. The van der Waals surface area contributed by atoms with E-state index in [4.69, 9.17) is 11.6 Å². The summed E-state index contributed by atoms with van der Waals surface area (Å²) >= 11 is 5.80. The lowest BCUT2D eigenvalue weighted by Crippen LogP contribution is -2.33. The Morgan fingerprint density at radius 3 is 2.12 bits per heavy atom. The second-order valence-electron chi connectivity index (χ2n) is 5.84. The number of amides is 1. The van der Waals surface area contributed by atoms with Crippen molar-refractivity contribution in [2.45, 2.75) is 25.1 Å². The molecule has 2 aromatic carbocycles. The van der Waals surface area contributed by atoms with Gasteiger partial charge in [-0.1, -0.05) is 35.9 Å². The number of nitrogens with one attached hydrogen (secondary N) is 1. The molecule has 0 aliphatic heterocycles. The van der Waals surface area contributed by atoms with Crippen LogP contribution in [0, 0.1) is 5.82 Å². The summed E-state index contributed by atoms with van der Waals surface area (Å²) < 4.78 is 37.8. The van der Waals surface area contributed by atoms with Crippen molar-refractivity contribution < 1.29 is 17.6 Å². The summed E-state index contributed by atoms with van der Waals surface area (Å²) in [6.45, 7) is 3.25. The Labute approximate surface area is 151 Å². The molecule has 0 saturated heterocycles. The van der Waals surface area contributed by atoms with Crippen LogP contribution >= 0.6 is 11.6 Å². The number of carbonyl (C=O) groups excluding carboxylic acids is 1. The van der Waals surface area contributed by atoms with Crippen molar-refractivity contribution in [1.82, 2.24) is 5.32 Å². The fraction of sp³-hybridized carbons (Fsp3) is 0.278. The van der Waals surface area contributed by atoms with Crippen molar-refractivity contribution in [2.75, 3.05) is 5.75 Å². The van der Waals surface area contributed by atoms with Gasteiger partial charge in [0.05, 0.1) is 11.3 Å². The first kappa shape index (κ1) is 19.4. The molecule has 1 N–H and O–H groups in total. The Kier molecular flexibility index (Phi) is 6.19. The zero-order chi connectivity index (χ0) is 18.6. The van der Waals surface area contributed by atoms with Gasteiger partial charge in [-0.2, -0.15) is 0 Å². The molecule has 4 nitrogen and oxygen atoms in total. The number of sulfone groups is 1. The molecule has 0 aliphatic carbocycles. The first-order chi connectivity index (χ1) is 11.7. The lowest BCUT2D eigenvalue weighted by atomic mass is 10.1. The summed E-state index contributed by atoms with van der Waals surface area (Å²) in [6.07, 6.45) is 0. The number of hydrogen-bond donors (Lipinski definition) is 1. The van der Waals surface area contributed by atoms with Crippen LogP contribution in [-0.2, 0) is 14.6 Å². The van der Waals surface area contributed by atoms with Gasteiger partial charge in [0.2, 0.25) is 5.91 Å². The van der Waals surface area contributed by atoms with Gasteiger partial charge in [-0.3, -0.25) is 4.79 Å². The maximum absolute atomic E-state index is 12.9. The van der Waals surface area contributed by atoms with Gasteiger partial charge in [0.1, 0.15) is 11.6 Å². The SMILES string of the molecule is CC(NC(=O)CS(=O)(=O)C(C)c1ccc(Cl)cc1)c1ccc(F)cc1. The second-order valence-corrected chi connectivity index (χ2v) is 8.60. The van der Waals surface area contributed by atoms with Crippen LogP contribution in [0.25, 0.3) is 0 Å². The molecule has 1 amide bonds. The highest BCUT2D eigenvalue weighted by molar-refractivity contribution is 7.92. The van der Waals surface area contributed by atoms with Crippen LogP contribution in [-0.4, -0.2) is 20.1 Å². The topological polar surface area (TPSA) is 63.2 Å². The lowest BCUT2D eigenvalue weighted by Gasteiger charge is -2.17. The summed E-state index contributed by atoms with van der Waals surface area (Å²) in [5.74, 6) is -1.60. The molecule has 2 atom stereocenters. The minimum absolute atomic E-state index is 0.373. The molecule has 0 bridgehead atoms. The average molecular weight is 384 g/mol. The molecule has 0 aromatic heterocycles. The number of benzene rings is 2. The first-order valence-electron chi connectivity index (χ1n) is 7.71. The third kappa shape index (κ3) is 5.28. The normalized spacial score (nSPS) is 13.9. The van der Waals surface area contributed by atoms with Gasteiger partial charge in [-0.25, -0.2) is 12.8 Å². The van der Waals surface area contributed by atoms with E-state index in [-0.39, 0.29) is 5.82 Å². The van der Waals surface area contributed by atoms with Crippen LogP contribution < -0.4 is 5.32 Å². The van der Waals surface area contributed by atoms with Crippen LogP contribution in [0.5, 0.6) is 0 Å². The van der Waals surface area contributed by atoms with E-state index in [1.54, 1.807) is 43.3 Å². The van der Waals surface area contributed by atoms with E-state index in [1.807, 2.05) is 0 Å². The van der Waals surface area contributed by atoms with E-state index >= 15 is 0 Å². The van der Waals surface area contributed by atoms with Crippen LogP contribution in [0.1, 0.15) is 36.3 Å². The van der Waals surface area contributed by atoms with E-state index in [2.05, 4.69) is 5.32 Å². The van der Waals surface area contributed by atoms with E-state index < -0.39 is 32.8 Å². The van der Waals surface area contributed by atoms with E-state index in [0.29, 0.717) is 16.1 Å². The predicted octanol–water partition coefficient (Wildman–Crippen LogP) is 3.83. The van der Waals surface area contributed by atoms with Crippen LogP contribution in [0.4, 0.5) is 4.39 Å². The molecular weight excluding hydrogens is 365 g/mol. The van der Waals surface area contributed by atoms with Crippen molar-refractivity contribution in [3.8, 4) is 0 Å². The summed E-state index contributed by atoms with van der Waals surface area (Å²) in [5.41, 5.74) is 1.27. The zero-order valence-electron chi connectivity index (χ0n) is 13.9. The molecule has 2 rings (SSSR count). The molecule has 2 aromatic rings. The van der Waals surface area contributed by atoms with Crippen molar-refractivity contribution in [3.05, 3.63) is 70.5 Å². The van der Waals surface area contributed by atoms with Crippen molar-refractivity contribution in [2.24, 2.45) is 0 Å². The van der Waals surface area contributed by atoms with Gasteiger partial charge >= 0.3 is 0 Å². The van der Waals surface area contributed by atoms with E-state index in [1.165, 1.54) is 19.1 Å². The van der Waals surface area contributed by atoms with E-state index in [0.717, 1.165) is 0 Å². The largest absolute Gasteiger partial charge is 0.349 e. The Morgan fingerprint density at radius 2 is 1.56 bits per heavy atom. The van der Waals surface area contributed by atoms with Crippen LogP contribution in [0.2, 0.25) is 5.02 Å². The third-order valence-electron chi connectivity index (χ3n) is 3.96.